The first kappa shape index (κ1) is 28.9. The number of nitrogens with zero attached hydrogens (tertiary/aromatic N) is 3. The van der Waals surface area contributed by atoms with Gasteiger partial charge in [0.1, 0.15) is 0 Å². The third-order valence-electron chi connectivity index (χ3n) is 9.54. The summed E-state index contributed by atoms with van der Waals surface area (Å²) in [5, 5.41) is 4.94. The van der Waals surface area contributed by atoms with Crippen LogP contribution >= 0.6 is 0 Å². The lowest BCUT2D eigenvalue weighted by Crippen LogP contribution is -1.97. The van der Waals surface area contributed by atoms with Gasteiger partial charge in [-0.15, -0.1) is 0 Å². The Kier molecular flexibility index (Phi) is 6.91. The number of benzene rings is 7. The minimum absolute atomic E-state index is 0.719. The fourth-order valence-corrected chi connectivity index (χ4v) is 7.15. The summed E-state index contributed by atoms with van der Waals surface area (Å²) in [6.07, 6.45) is 0. The van der Waals surface area contributed by atoms with Crippen LogP contribution in [-0.4, -0.2) is 14.5 Å². The van der Waals surface area contributed by atoms with Crippen molar-refractivity contribution in [1.82, 2.24) is 14.5 Å². The Labute approximate surface area is 285 Å². The number of rotatable bonds is 5. The average Bonchev–Trinajstić information content (AvgIpc) is 3.47. The Bertz CT molecular complexity index is 2540. The fourth-order valence-electron chi connectivity index (χ4n) is 7.15. The second-order valence-electron chi connectivity index (χ2n) is 12.8. The van der Waals surface area contributed by atoms with Gasteiger partial charge in [0.2, 0.25) is 0 Å². The van der Waals surface area contributed by atoms with Crippen molar-refractivity contribution < 1.29 is 0 Å². The molecular formula is C46H33N3. The summed E-state index contributed by atoms with van der Waals surface area (Å²) in [6.45, 7) is 4.33. The van der Waals surface area contributed by atoms with E-state index in [0.29, 0.717) is 0 Å². The van der Waals surface area contributed by atoms with E-state index in [-0.39, 0.29) is 0 Å². The normalized spacial score (nSPS) is 11.5. The molecule has 9 rings (SSSR count). The molecule has 0 spiro atoms. The van der Waals surface area contributed by atoms with E-state index in [4.69, 9.17) is 9.97 Å². The van der Waals surface area contributed by atoms with Crippen molar-refractivity contribution in [2.75, 3.05) is 0 Å². The summed E-state index contributed by atoms with van der Waals surface area (Å²) < 4.78 is 2.39. The van der Waals surface area contributed by atoms with Crippen LogP contribution in [0.3, 0.4) is 0 Å². The zero-order valence-corrected chi connectivity index (χ0v) is 27.4. The summed E-state index contributed by atoms with van der Waals surface area (Å²) in [4.78, 5) is 10.1. The maximum absolute atomic E-state index is 5.14. The van der Waals surface area contributed by atoms with E-state index in [9.17, 15) is 0 Å². The lowest BCUT2D eigenvalue weighted by molar-refractivity contribution is 1.18. The molecule has 0 aliphatic heterocycles. The van der Waals surface area contributed by atoms with Crippen LogP contribution in [0.25, 0.3) is 83.3 Å². The topological polar surface area (TPSA) is 30.7 Å². The SMILES string of the molecule is Cc1ccc2c(c1)c1cc(C)ccc1n2-c1ccc(-c2ccc(-c3cc(-c4ccccc4)nc(-c4ccccc4)n3)c3ccccc23)cc1. The monoisotopic (exact) mass is 627 g/mol. The van der Waals surface area contributed by atoms with E-state index in [2.05, 4.69) is 158 Å². The molecule has 3 heteroatoms. The van der Waals surface area contributed by atoms with Gasteiger partial charge in [-0.3, -0.25) is 0 Å². The standard InChI is InChI=1S/C46H33N3/c1-30-17-25-44-40(27-30)41-28-31(2)18-26-45(41)49(44)35-21-19-32(20-22-35)36-23-24-39(38-16-10-9-15-37(36)38)43-29-42(33-11-5-3-6-12-33)47-46(48-43)34-13-7-4-8-14-34/h3-29H,1-2H3. The third kappa shape index (κ3) is 5.08. The third-order valence-corrected chi connectivity index (χ3v) is 9.54. The Morgan fingerprint density at radius 2 is 0.918 bits per heavy atom. The minimum Gasteiger partial charge on any atom is -0.309 e. The second kappa shape index (κ2) is 11.7. The summed E-state index contributed by atoms with van der Waals surface area (Å²) in [5.41, 5.74) is 13.5. The molecule has 0 radical (unpaired) electrons. The zero-order valence-electron chi connectivity index (χ0n) is 27.4. The molecule has 49 heavy (non-hydrogen) atoms. The van der Waals surface area contributed by atoms with Crippen LogP contribution in [0.5, 0.6) is 0 Å². The van der Waals surface area contributed by atoms with Crippen molar-refractivity contribution >= 4 is 32.6 Å². The van der Waals surface area contributed by atoms with Gasteiger partial charge in [0.05, 0.1) is 22.4 Å². The van der Waals surface area contributed by atoms with Crippen molar-refractivity contribution in [2.45, 2.75) is 13.8 Å². The highest BCUT2D eigenvalue weighted by atomic mass is 15.0. The summed E-state index contributed by atoms with van der Waals surface area (Å²) in [6, 6.07) is 58.3. The van der Waals surface area contributed by atoms with Crippen LogP contribution in [0.2, 0.25) is 0 Å². The molecule has 0 N–H and O–H groups in total. The van der Waals surface area contributed by atoms with Gasteiger partial charge < -0.3 is 4.57 Å². The molecule has 0 atom stereocenters. The molecular weight excluding hydrogens is 595 g/mol. The van der Waals surface area contributed by atoms with Crippen LogP contribution in [0, 0.1) is 13.8 Å². The molecule has 7 aromatic carbocycles. The maximum Gasteiger partial charge on any atom is 0.160 e. The highest BCUT2D eigenvalue weighted by Crippen LogP contribution is 2.38. The van der Waals surface area contributed by atoms with E-state index in [1.807, 2.05) is 24.3 Å². The van der Waals surface area contributed by atoms with Crippen molar-refractivity contribution in [3.63, 3.8) is 0 Å². The van der Waals surface area contributed by atoms with Crippen LogP contribution in [0.1, 0.15) is 11.1 Å². The summed E-state index contributed by atoms with van der Waals surface area (Å²) in [7, 11) is 0. The van der Waals surface area contributed by atoms with Gasteiger partial charge in [-0.2, -0.15) is 0 Å². The molecule has 2 aromatic heterocycles. The van der Waals surface area contributed by atoms with Gasteiger partial charge in [0, 0.05) is 33.2 Å². The van der Waals surface area contributed by atoms with Gasteiger partial charge in [-0.05, 0) is 78.2 Å². The molecule has 2 heterocycles. The van der Waals surface area contributed by atoms with E-state index >= 15 is 0 Å². The molecule has 0 fully saturated rings. The highest BCUT2D eigenvalue weighted by molar-refractivity contribution is 6.10. The first-order chi connectivity index (χ1) is 24.1. The van der Waals surface area contributed by atoms with Crippen LogP contribution in [0.15, 0.2) is 164 Å². The van der Waals surface area contributed by atoms with Gasteiger partial charge in [0.25, 0.3) is 0 Å². The zero-order chi connectivity index (χ0) is 32.9. The highest BCUT2D eigenvalue weighted by Gasteiger charge is 2.16. The van der Waals surface area contributed by atoms with Crippen LogP contribution in [0.4, 0.5) is 0 Å². The molecule has 232 valence electrons. The van der Waals surface area contributed by atoms with Crippen molar-refractivity contribution in [3.8, 4) is 50.7 Å². The predicted molar refractivity (Wildman–Crippen MR) is 205 cm³/mol. The van der Waals surface area contributed by atoms with Crippen molar-refractivity contribution in [2.24, 2.45) is 0 Å². The molecule has 9 aromatic rings. The maximum atomic E-state index is 5.14. The first-order valence-electron chi connectivity index (χ1n) is 16.7. The number of aryl methyl sites for hydroxylation is 2. The van der Waals surface area contributed by atoms with Gasteiger partial charge in [-0.1, -0.05) is 132 Å². The number of aromatic nitrogens is 3. The van der Waals surface area contributed by atoms with Crippen molar-refractivity contribution in [3.05, 3.63) is 175 Å². The van der Waals surface area contributed by atoms with Gasteiger partial charge in [-0.25, -0.2) is 9.97 Å². The Morgan fingerprint density at radius 3 is 1.55 bits per heavy atom. The van der Waals surface area contributed by atoms with E-state index < -0.39 is 0 Å². The summed E-state index contributed by atoms with van der Waals surface area (Å²) in [5.74, 6) is 0.719. The number of fused-ring (bicyclic) bond motifs is 4. The molecule has 0 bridgehead atoms. The molecule has 3 nitrogen and oxygen atoms in total. The minimum atomic E-state index is 0.719. The molecule has 0 saturated carbocycles. The van der Waals surface area contributed by atoms with E-state index in [1.54, 1.807) is 0 Å². The summed E-state index contributed by atoms with van der Waals surface area (Å²) >= 11 is 0. The molecule has 0 aliphatic rings. The molecule has 0 saturated heterocycles. The predicted octanol–water partition coefficient (Wildman–Crippen LogP) is 12.0. The fraction of sp³-hybridized carbons (Fsp3) is 0.0435. The Morgan fingerprint density at radius 1 is 0.388 bits per heavy atom. The molecule has 0 amide bonds. The first-order valence-corrected chi connectivity index (χ1v) is 16.7. The van der Waals surface area contributed by atoms with Crippen LogP contribution in [-0.2, 0) is 0 Å². The average molecular weight is 628 g/mol. The largest absolute Gasteiger partial charge is 0.309 e. The van der Waals surface area contributed by atoms with Gasteiger partial charge >= 0.3 is 0 Å². The van der Waals surface area contributed by atoms with Crippen LogP contribution < -0.4 is 0 Å². The lowest BCUT2D eigenvalue weighted by Gasteiger charge is -2.14. The Hall–Kier alpha value is -6.32. The number of hydrogen-bond donors (Lipinski definition) is 0. The Balaban J connectivity index is 1.17. The quantitative estimate of drug-likeness (QED) is 0.190. The molecule has 0 unspecified atom stereocenters. The van der Waals surface area contributed by atoms with E-state index in [1.165, 1.54) is 49.4 Å². The molecule has 0 aliphatic carbocycles. The lowest BCUT2D eigenvalue weighted by atomic mass is 9.93. The number of hydrogen-bond acceptors (Lipinski definition) is 2. The van der Waals surface area contributed by atoms with Gasteiger partial charge in [0.15, 0.2) is 5.82 Å². The van der Waals surface area contributed by atoms with E-state index in [0.717, 1.165) is 45.0 Å². The second-order valence-corrected chi connectivity index (χ2v) is 12.8. The van der Waals surface area contributed by atoms with Crippen molar-refractivity contribution in [1.29, 1.82) is 0 Å². The smallest absolute Gasteiger partial charge is 0.160 e.